The summed E-state index contributed by atoms with van der Waals surface area (Å²) >= 11 is 0. The van der Waals surface area contributed by atoms with E-state index in [9.17, 15) is 18.7 Å². The van der Waals surface area contributed by atoms with Gasteiger partial charge in [0.15, 0.2) is 0 Å². The summed E-state index contributed by atoms with van der Waals surface area (Å²) in [6.07, 6.45) is 2.09. The molecule has 2 unspecified atom stereocenters. The van der Waals surface area contributed by atoms with E-state index in [2.05, 4.69) is 41.0 Å². The SMILES string of the molecule is CC(=O)NC(Cc1cc(F)cc(F)c1)C(O)CNC1(Cc2ccc3ccccc3c2)CC1. The highest BCUT2D eigenvalue weighted by atomic mass is 19.1. The van der Waals surface area contributed by atoms with Crippen LogP contribution in [0.1, 0.15) is 30.9 Å². The van der Waals surface area contributed by atoms with Crippen LogP contribution in [0.15, 0.2) is 60.7 Å². The minimum absolute atomic E-state index is 0.0742. The van der Waals surface area contributed by atoms with E-state index < -0.39 is 23.8 Å². The van der Waals surface area contributed by atoms with Crippen LogP contribution in [0.2, 0.25) is 0 Å². The number of halogens is 2. The predicted molar refractivity (Wildman–Crippen MR) is 121 cm³/mol. The summed E-state index contributed by atoms with van der Waals surface area (Å²) in [5.41, 5.74) is 1.55. The van der Waals surface area contributed by atoms with E-state index in [1.165, 1.54) is 35.4 Å². The summed E-state index contributed by atoms with van der Waals surface area (Å²) in [7, 11) is 0. The van der Waals surface area contributed by atoms with Crippen LogP contribution < -0.4 is 10.6 Å². The number of nitrogens with one attached hydrogen (secondary N) is 2. The number of β-amino-alcohol motifs (C(OH)–C–C–N with tert-alkyl or cyclic N) is 1. The molecule has 32 heavy (non-hydrogen) atoms. The third-order valence-electron chi connectivity index (χ3n) is 6.13. The highest BCUT2D eigenvalue weighted by molar-refractivity contribution is 5.83. The van der Waals surface area contributed by atoms with E-state index in [0.717, 1.165) is 25.3 Å². The van der Waals surface area contributed by atoms with Gasteiger partial charge in [0.1, 0.15) is 11.6 Å². The molecule has 2 atom stereocenters. The van der Waals surface area contributed by atoms with Gasteiger partial charge in [-0.3, -0.25) is 4.79 Å². The van der Waals surface area contributed by atoms with Crippen molar-refractivity contribution < 1.29 is 18.7 Å². The number of benzene rings is 3. The number of carbonyl (C=O) groups excluding carboxylic acids is 1. The number of hydrogen-bond acceptors (Lipinski definition) is 3. The zero-order chi connectivity index (χ0) is 22.7. The van der Waals surface area contributed by atoms with Crippen LogP contribution in [-0.2, 0) is 17.6 Å². The van der Waals surface area contributed by atoms with Crippen molar-refractivity contribution in [3.63, 3.8) is 0 Å². The maximum absolute atomic E-state index is 13.6. The maximum Gasteiger partial charge on any atom is 0.217 e. The molecule has 168 valence electrons. The zero-order valence-corrected chi connectivity index (χ0v) is 18.1. The summed E-state index contributed by atoms with van der Waals surface area (Å²) in [5.74, 6) is -1.66. The standard InChI is InChI=1S/C26H28F2N2O2/c1-17(31)30-24(13-19-11-22(27)14-23(28)12-19)25(32)16-29-26(8-9-26)15-18-6-7-20-4-2-3-5-21(20)10-18/h2-7,10-12,14,24-25,29,32H,8-9,13,15-16H2,1H3,(H,30,31). The van der Waals surface area contributed by atoms with Gasteiger partial charge in [-0.1, -0.05) is 42.5 Å². The van der Waals surface area contributed by atoms with Crippen molar-refractivity contribution in [2.45, 2.75) is 50.3 Å². The van der Waals surface area contributed by atoms with E-state index in [-0.39, 0.29) is 24.4 Å². The van der Waals surface area contributed by atoms with E-state index in [1.807, 2.05) is 12.1 Å². The second kappa shape index (κ2) is 9.35. The summed E-state index contributed by atoms with van der Waals surface area (Å²) in [6, 6.07) is 17.3. The number of carbonyl (C=O) groups is 1. The molecule has 0 radical (unpaired) electrons. The van der Waals surface area contributed by atoms with E-state index >= 15 is 0 Å². The Morgan fingerprint density at radius 3 is 2.34 bits per heavy atom. The Morgan fingerprint density at radius 2 is 1.69 bits per heavy atom. The van der Waals surface area contributed by atoms with Gasteiger partial charge in [-0.15, -0.1) is 0 Å². The van der Waals surface area contributed by atoms with Gasteiger partial charge in [0.05, 0.1) is 12.1 Å². The molecule has 0 saturated heterocycles. The van der Waals surface area contributed by atoms with Crippen molar-refractivity contribution in [2.24, 2.45) is 0 Å². The Morgan fingerprint density at radius 1 is 1.00 bits per heavy atom. The van der Waals surface area contributed by atoms with Crippen LogP contribution in [-0.4, -0.2) is 35.2 Å². The maximum atomic E-state index is 13.6. The van der Waals surface area contributed by atoms with Crippen molar-refractivity contribution in [2.75, 3.05) is 6.54 Å². The molecule has 0 spiro atoms. The van der Waals surface area contributed by atoms with Crippen molar-refractivity contribution >= 4 is 16.7 Å². The van der Waals surface area contributed by atoms with E-state index in [1.54, 1.807) is 0 Å². The second-order valence-electron chi connectivity index (χ2n) is 8.88. The van der Waals surface area contributed by atoms with Gasteiger partial charge >= 0.3 is 0 Å². The lowest BCUT2D eigenvalue weighted by Gasteiger charge is -2.27. The van der Waals surface area contributed by atoms with Crippen LogP contribution in [0.4, 0.5) is 8.78 Å². The molecule has 0 heterocycles. The highest BCUT2D eigenvalue weighted by Crippen LogP contribution is 2.39. The second-order valence-corrected chi connectivity index (χ2v) is 8.88. The number of rotatable bonds is 9. The molecule has 3 aromatic rings. The Kier molecular flexibility index (Phi) is 6.53. The fourth-order valence-corrected chi connectivity index (χ4v) is 4.30. The average Bonchev–Trinajstić information content (AvgIpc) is 3.50. The lowest BCUT2D eigenvalue weighted by Crippen LogP contribution is -2.50. The van der Waals surface area contributed by atoms with Crippen LogP contribution in [0.25, 0.3) is 10.8 Å². The van der Waals surface area contributed by atoms with Crippen molar-refractivity contribution in [3.8, 4) is 0 Å². The number of hydrogen-bond donors (Lipinski definition) is 3. The van der Waals surface area contributed by atoms with E-state index in [4.69, 9.17) is 0 Å². The van der Waals surface area contributed by atoms with Gasteiger partial charge in [0, 0.05) is 25.1 Å². The third-order valence-corrected chi connectivity index (χ3v) is 6.13. The van der Waals surface area contributed by atoms with Crippen LogP contribution >= 0.6 is 0 Å². The monoisotopic (exact) mass is 438 g/mol. The average molecular weight is 439 g/mol. The Bertz CT molecular complexity index is 1090. The number of aliphatic hydroxyl groups excluding tert-OH is 1. The topological polar surface area (TPSA) is 61.4 Å². The molecule has 1 saturated carbocycles. The van der Waals surface area contributed by atoms with Crippen molar-refractivity contribution in [3.05, 3.63) is 83.4 Å². The van der Waals surface area contributed by atoms with Gasteiger partial charge in [-0.2, -0.15) is 0 Å². The molecular formula is C26H28F2N2O2. The van der Waals surface area contributed by atoms with Gasteiger partial charge in [-0.25, -0.2) is 8.78 Å². The summed E-state index contributed by atoms with van der Waals surface area (Å²) < 4.78 is 27.1. The molecule has 3 N–H and O–H groups in total. The minimum Gasteiger partial charge on any atom is -0.390 e. The lowest BCUT2D eigenvalue weighted by atomic mass is 9.98. The number of amides is 1. The molecule has 1 aliphatic rings. The molecule has 1 aliphatic carbocycles. The van der Waals surface area contributed by atoms with Gasteiger partial charge in [-0.05, 0) is 59.7 Å². The van der Waals surface area contributed by atoms with Gasteiger partial charge in [0.2, 0.25) is 5.91 Å². The summed E-state index contributed by atoms with van der Waals surface area (Å²) in [5, 5.41) is 19.4. The van der Waals surface area contributed by atoms with Crippen LogP contribution in [0.3, 0.4) is 0 Å². The highest BCUT2D eigenvalue weighted by Gasteiger charge is 2.42. The Balaban J connectivity index is 1.40. The minimum atomic E-state index is -0.903. The zero-order valence-electron chi connectivity index (χ0n) is 18.1. The van der Waals surface area contributed by atoms with Crippen LogP contribution in [0, 0.1) is 11.6 Å². The quantitative estimate of drug-likeness (QED) is 0.475. The van der Waals surface area contributed by atoms with Gasteiger partial charge in [0.25, 0.3) is 0 Å². The molecule has 0 aliphatic heterocycles. The molecule has 6 heteroatoms. The molecule has 0 bridgehead atoms. The first kappa shape index (κ1) is 22.4. The normalized spacial score (nSPS) is 16.5. The molecule has 4 rings (SSSR count). The van der Waals surface area contributed by atoms with E-state index in [0.29, 0.717) is 5.56 Å². The fourth-order valence-electron chi connectivity index (χ4n) is 4.30. The first-order chi connectivity index (χ1) is 15.3. The lowest BCUT2D eigenvalue weighted by molar-refractivity contribution is -0.120. The first-order valence-electron chi connectivity index (χ1n) is 10.9. The fraction of sp³-hybridized carbons (Fsp3) is 0.346. The summed E-state index contributed by atoms with van der Waals surface area (Å²) in [4.78, 5) is 11.7. The molecule has 0 aromatic heterocycles. The summed E-state index contributed by atoms with van der Waals surface area (Å²) in [6.45, 7) is 1.64. The number of aliphatic hydroxyl groups is 1. The Hall–Kier alpha value is -2.83. The van der Waals surface area contributed by atoms with Crippen LogP contribution in [0.5, 0.6) is 0 Å². The predicted octanol–water partition coefficient (Wildman–Crippen LogP) is 3.89. The van der Waals surface area contributed by atoms with Gasteiger partial charge < -0.3 is 15.7 Å². The molecule has 3 aromatic carbocycles. The largest absolute Gasteiger partial charge is 0.390 e. The molecule has 1 amide bonds. The van der Waals surface area contributed by atoms with Crippen molar-refractivity contribution in [1.82, 2.24) is 10.6 Å². The Labute approximate surface area is 186 Å². The number of fused-ring (bicyclic) bond motifs is 1. The third kappa shape index (κ3) is 5.69. The smallest absolute Gasteiger partial charge is 0.217 e. The molecular weight excluding hydrogens is 410 g/mol. The van der Waals surface area contributed by atoms with Crippen molar-refractivity contribution in [1.29, 1.82) is 0 Å². The first-order valence-corrected chi connectivity index (χ1v) is 10.9. The molecule has 4 nitrogen and oxygen atoms in total. The molecule has 1 fully saturated rings.